The molecule has 160 valence electrons. The monoisotopic (exact) mass is 448 g/mol. The predicted octanol–water partition coefficient (Wildman–Crippen LogP) is 5.22. The van der Waals surface area contributed by atoms with Gasteiger partial charge >= 0.3 is 6.18 Å². The first-order valence-corrected chi connectivity index (χ1v) is 9.28. The van der Waals surface area contributed by atoms with Gasteiger partial charge in [-0.05, 0) is 48.0 Å². The highest BCUT2D eigenvalue weighted by molar-refractivity contribution is 6.32. The van der Waals surface area contributed by atoms with Gasteiger partial charge in [-0.1, -0.05) is 29.8 Å². The van der Waals surface area contributed by atoms with Crippen molar-refractivity contribution in [1.29, 1.82) is 0 Å². The molecule has 0 aliphatic heterocycles. The van der Waals surface area contributed by atoms with Gasteiger partial charge in [0.1, 0.15) is 11.6 Å². The molecule has 3 rings (SSSR count). The maximum Gasteiger partial charge on any atom is 0.417 e. The number of ether oxygens (including phenoxy) is 1. The van der Waals surface area contributed by atoms with Crippen LogP contribution in [0.5, 0.6) is 5.75 Å². The number of nitrogens with one attached hydrogen (secondary N) is 2. The van der Waals surface area contributed by atoms with Crippen LogP contribution < -0.4 is 15.5 Å². The molecule has 0 radical (unpaired) electrons. The van der Waals surface area contributed by atoms with E-state index < -0.39 is 11.7 Å². The van der Waals surface area contributed by atoms with Crippen LogP contribution in [0.15, 0.2) is 72.0 Å². The van der Waals surface area contributed by atoms with E-state index in [2.05, 4.69) is 20.8 Å². The van der Waals surface area contributed by atoms with Crippen molar-refractivity contribution in [2.75, 3.05) is 17.3 Å². The standard InChI is InChI=1S/C21H16ClF3N4O2/c22-17-10-14(11-27-29-19-9-7-15(12-26-19)21(23,24)25)6-8-18(17)31-13-20(30)28-16-4-2-1-3-5-16/h1-12H,13H2,(H,26,29)(H,28,30)/b27-11-. The lowest BCUT2D eigenvalue weighted by Crippen LogP contribution is -2.20. The van der Waals surface area contributed by atoms with Gasteiger partial charge in [0, 0.05) is 11.9 Å². The van der Waals surface area contributed by atoms with E-state index in [1.807, 2.05) is 6.07 Å². The summed E-state index contributed by atoms with van der Waals surface area (Å²) >= 11 is 6.17. The Balaban J connectivity index is 1.52. The molecule has 0 saturated heterocycles. The van der Waals surface area contributed by atoms with Gasteiger partial charge in [0.15, 0.2) is 6.61 Å². The smallest absolute Gasteiger partial charge is 0.417 e. The van der Waals surface area contributed by atoms with E-state index in [0.717, 1.165) is 12.3 Å². The second-order valence-electron chi connectivity index (χ2n) is 6.19. The Morgan fingerprint density at radius 3 is 2.55 bits per heavy atom. The Morgan fingerprint density at radius 1 is 1.13 bits per heavy atom. The molecular weight excluding hydrogens is 433 g/mol. The molecule has 0 unspecified atom stereocenters. The number of hydrazone groups is 1. The SMILES string of the molecule is O=C(COc1ccc(/C=N\Nc2ccc(C(F)(F)F)cn2)cc1Cl)Nc1ccccc1. The Morgan fingerprint density at radius 2 is 1.90 bits per heavy atom. The number of nitrogens with zero attached hydrogens (tertiary/aromatic N) is 2. The topological polar surface area (TPSA) is 75.6 Å². The van der Waals surface area contributed by atoms with Gasteiger partial charge in [0.25, 0.3) is 5.91 Å². The Labute approximate surface area is 180 Å². The summed E-state index contributed by atoms with van der Waals surface area (Å²) in [6.45, 7) is -0.219. The minimum atomic E-state index is -4.45. The van der Waals surface area contributed by atoms with Gasteiger partial charge < -0.3 is 10.1 Å². The summed E-state index contributed by atoms with van der Waals surface area (Å²) in [5.41, 5.74) is 2.95. The van der Waals surface area contributed by atoms with E-state index in [4.69, 9.17) is 16.3 Å². The normalized spacial score (nSPS) is 11.4. The summed E-state index contributed by atoms with van der Waals surface area (Å²) in [6.07, 6.45) is -2.32. The first-order chi connectivity index (χ1) is 14.8. The fourth-order valence-corrected chi connectivity index (χ4v) is 2.62. The van der Waals surface area contributed by atoms with Crippen LogP contribution in [-0.2, 0) is 11.0 Å². The predicted molar refractivity (Wildman–Crippen MR) is 112 cm³/mol. The lowest BCUT2D eigenvalue weighted by Gasteiger charge is -2.09. The van der Waals surface area contributed by atoms with Crippen LogP contribution in [0.3, 0.4) is 0 Å². The maximum absolute atomic E-state index is 12.5. The van der Waals surface area contributed by atoms with Gasteiger partial charge in [0.2, 0.25) is 0 Å². The number of halogens is 4. The minimum absolute atomic E-state index is 0.153. The zero-order valence-electron chi connectivity index (χ0n) is 15.9. The van der Waals surface area contributed by atoms with Crippen LogP contribution in [0.25, 0.3) is 0 Å². The van der Waals surface area contributed by atoms with Crippen molar-refractivity contribution in [1.82, 2.24) is 4.98 Å². The van der Waals surface area contributed by atoms with E-state index >= 15 is 0 Å². The van der Waals surface area contributed by atoms with Gasteiger partial charge in [-0.25, -0.2) is 4.98 Å². The van der Waals surface area contributed by atoms with Crippen LogP contribution in [0, 0.1) is 0 Å². The number of pyridine rings is 1. The van der Waals surface area contributed by atoms with Crippen LogP contribution in [0.1, 0.15) is 11.1 Å². The number of hydrogen-bond acceptors (Lipinski definition) is 5. The molecule has 6 nitrogen and oxygen atoms in total. The van der Waals surface area contributed by atoms with E-state index in [0.29, 0.717) is 17.0 Å². The molecule has 1 amide bonds. The maximum atomic E-state index is 12.5. The number of amides is 1. The Kier molecular flexibility index (Phi) is 7.09. The fraction of sp³-hybridized carbons (Fsp3) is 0.0952. The van der Waals surface area contributed by atoms with Gasteiger partial charge in [-0.15, -0.1) is 0 Å². The molecular formula is C21H16ClF3N4O2. The Bertz CT molecular complexity index is 1060. The van der Waals surface area contributed by atoms with Crippen molar-refractivity contribution < 1.29 is 22.7 Å². The average molecular weight is 449 g/mol. The molecule has 3 aromatic rings. The molecule has 0 atom stereocenters. The van der Waals surface area contributed by atoms with E-state index in [1.165, 1.54) is 12.3 Å². The molecule has 31 heavy (non-hydrogen) atoms. The summed E-state index contributed by atoms with van der Waals surface area (Å²) < 4.78 is 43.0. The van der Waals surface area contributed by atoms with Gasteiger partial charge in [-0.2, -0.15) is 18.3 Å². The minimum Gasteiger partial charge on any atom is -0.482 e. The molecule has 2 N–H and O–H groups in total. The quantitative estimate of drug-likeness (QED) is 0.384. The summed E-state index contributed by atoms with van der Waals surface area (Å²) in [5.74, 6) is 0.139. The van der Waals surface area contributed by atoms with Crippen molar-refractivity contribution in [2.45, 2.75) is 6.18 Å². The number of aromatic nitrogens is 1. The Hall–Kier alpha value is -3.59. The van der Waals surface area contributed by atoms with Crippen molar-refractivity contribution in [3.05, 3.63) is 83.0 Å². The lowest BCUT2D eigenvalue weighted by molar-refractivity contribution is -0.137. The third kappa shape index (κ3) is 6.71. The lowest BCUT2D eigenvalue weighted by atomic mass is 10.2. The van der Waals surface area contributed by atoms with Crippen LogP contribution in [-0.4, -0.2) is 23.7 Å². The summed E-state index contributed by atoms with van der Waals surface area (Å²) in [6, 6.07) is 15.8. The van der Waals surface area contributed by atoms with Crippen molar-refractivity contribution in [3.8, 4) is 5.75 Å². The fourth-order valence-electron chi connectivity index (χ4n) is 2.38. The van der Waals surface area contributed by atoms with Crippen LogP contribution >= 0.6 is 11.6 Å². The third-order valence-electron chi connectivity index (χ3n) is 3.86. The summed E-state index contributed by atoms with van der Waals surface area (Å²) in [5, 5.41) is 6.87. The average Bonchev–Trinajstić information content (AvgIpc) is 2.73. The molecule has 1 aromatic heterocycles. The van der Waals surface area contributed by atoms with Crippen LogP contribution in [0.4, 0.5) is 24.7 Å². The van der Waals surface area contributed by atoms with E-state index in [-0.39, 0.29) is 23.4 Å². The van der Waals surface area contributed by atoms with Crippen molar-refractivity contribution in [3.63, 3.8) is 0 Å². The highest BCUT2D eigenvalue weighted by Crippen LogP contribution is 2.29. The molecule has 0 aliphatic carbocycles. The molecule has 0 saturated carbocycles. The summed E-state index contributed by atoms with van der Waals surface area (Å²) in [4.78, 5) is 15.6. The zero-order valence-corrected chi connectivity index (χ0v) is 16.6. The molecule has 0 aliphatic rings. The second kappa shape index (κ2) is 9.94. The number of carbonyl (C=O) groups is 1. The van der Waals surface area contributed by atoms with E-state index in [1.54, 1.807) is 42.5 Å². The van der Waals surface area contributed by atoms with Gasteiger partial charge in [-0.3, -0.25) is 10.2 Å². The number of anilines is 2. The highest BCUT2D eigenvalue weighted by Gasteiger charge is 2.30. The first-order valence-electron chi connectivity index (χ1n) is 8.91. The molecule has 1 heterocycles. The van der Waals surface area contributed by atoms with Crippen LogP contribution in [0.2, 0.25) is 5.02 Å². The second-order valence-corrected chi connectivity index (χ2v) is 6.60. The van der Waals surface area contributed by atoms with E-state index in [9.17, 15) is 18.0 Å². The first kappa shape index (κ1) is 22.1. The number of rotatable bonds is 7. The molecule has 0 spiro atoms. The molecule has 2 aromatic carbocycles. The molecule has 10 heteroatoms. The largest absolute Gasteiger partial charge is 0.482 e. The number of benzene rings is 2. The highest BCUT2D eigenvalue weighted by atomic mass is 35.5. The number of para-hydroxylation sites is 1. The number of alkyl halides is 3. The van der Waals surface area contributed by atoms with Crippen molar-refractivity contribution in [2.24, 2.45) is 5.10 Å². The molecule has 0 bridgehead atoms. The number of hydrogen-bond donors (Lipinski definition) is 2. The van der Waals surface area contributed by atoms with Gasteiger partial charge in [0.05, 0.1) is 16.8 Å². The number of carbonyl (C=O) groups excluding carboxylic acids is 1. The third-order valence-corrected chi connectivity index (χ3v) is 4.15. The summed E-state index contributed by atoms with van der Waals surface area (Å²) in [7, 11) is 0. The van der Waals surface area contributed by atoms with Crippen molar-refractivity contribution >= 4 is 35.2 Å². The molecule has 0 fully saturated rings. The zero-order chi connectivity index (χ0) is 22.3.